The molecule has 0 spiro atoms. The molecule has 1 heterocycles. The number of amides is 1. The highest BCUT2D eigenvalue weighted by Gasteiger charge is 2.23. The number of hydrogen-bond acceptors (Lipinski definition) is 9. The number of rotatable bonds is 9. The van der Waals surface area contributed by atoms with E-state index in [1.165, 1.54) is 16.2 Å². The van der Waals surface area contributed by atoms with Crippen LogP contribution in [-0.4, -0.2) is 46.7 Å². The molecule has 32 heavy (non-hydrogen) atoms. The maximum absolute atomic E-state index is 12.5. The van der Waals surface area contributed by atoms with Crippen LogP contribution in [0.1, 0.15) is 24.3 Å². The molecule has 2 rings (SSSR count). The van der Waals surface area contributed by atoms with Gasteiger partial charge in [0.2, 0.25) is 5.75 Å². The predicted molar refractivity (Wildman–Crippen MR) is 116 cm³/mol. The molecule has 0 bridgehead atoms. The molecule has 10 nitrogen and oxygen atoms in total. The molecule has 0 aliphatic rings. The molecule has 168 valence electrons. The second-order valence-electron chi connectivity index (χ2n) is 6.32. The number of carbonyl (C=O) groups is 2. The number of nitriles is 1. The van der Waals surface area contributed by atoms with Gasteiger partial charge in [-0.3, -0.25) is 14.9 Å². The highest BCUT2D eigenvalue weighted by molar-refractivity contribution is 7.09. The summed E-state index contributed by atoms with van der Waals surface area (Å²) >= 11 is 1.49. The number of ether oxygens (including phenoxy) is 2. The topological polar surface area (TPSA) is 143 Å². The summed E-state index contributed by atoms with van der Waals surface area (Å²) in [4.78, 5) is 37.3. The van der Waals surface area contributed by atoms with Gasteiger partial charge in [-0.05, 0) is 43.0 Å². The fourth-order valence-electron chi connectivity index (χ4n) is 2.71. The minimum atomic E-state index is -1.16. The van der Waals surface area contributed by atoms with Gasteiger partial charge >= 0.3 is 11.8 Å². The van der Waals surface area contributed by atoms with Crippen LogP contribution in [0.2, 0.25) is 0 Å². The SMILES string of the molecule is CCN(CC)C(=O)/C(C#N)=C/c1cc(OC(=O)OCCc2cccs2)c(O)c([N+](=O)[O-])c1. The molecule has 0 unspecified atom stereocenters. The standard InChI is InChI=1S/C21H21N3O7S/c1-3-23(4-2)20(26)15(13-22)10-14-11-17(24(28)29)19(25)18(12-14)31-21(27)30-8-7-16-6-5-9-32-16/h5-6,9-12,25H,3-4,7-8H2,1-2H3/b15-10+. The van der Waals surface area contributed by atoms with Gasteiger partial charge in [-0.15, -0.1) is 11.3 Å². The minimum absolute atomic E-state index is 0.0126. The van der Waals surface area contributed by atoms with Gasteiger partial charge in [0.05, 0.1) is 11.5 Å². The first kappa shape index (κ1) is 24.4. The molecule has 0 atom stereocenters. The van der Waals surface area contributed by atoms with E-state index in [-0.39, 0.29) is 17.7 Å². The highest BCUT2D eigenvalue weighted by Crippen LogP contribution is 2.38. The predicted octanol–water partition coefficient (Wildman–Crippen LogP) is 3.90. The molecule has 0 fully saturated rings. The Labute approximate surface area is 188 Å². The van der Waals surface area contributed by atoms with Crippen LogP contribution >= 0.6 is 11.3 Å². The Hall–Kier alpha value is -3.91. The first-order valence-corrected chi connectivity index (χ1v) is 10.5. The van der Waals surface area contributed by atoms with Crippen LogP contribution in [0.4, 0.5) is 10.5 Å². The average molecular weight is 459 g/mol. The lowest BCUT2D eigenvalue weighted by Crippen LogP contribution is -2.31. The van der Waals surface area contributed by atoms with E-state index in [1.54, 1.807) is 19.9 Å². The van der Waals surface area contributed by atoms with Crippen LogP contribution in [0.25, 0.3) is 6.08 Å². The third kappa shape index (κ3) is 6.29. The van der Waals surface area contributed by atoms with Crippen LogP contribution in [-0.2, 0) is 16.0 Å². The van der Waals surface area contributed by atoms with E-state index < -0.39 is 34.2 Å². The first-order chi connectivity index (χ1) is 15.3. The lowest BCUT2D eigenvalue weighted by Gasteiger charge is -2.17. The summed E-state index contributed by atoms with van der Waals surface area (Å²) in [6.07, 6.45) is 0.426. The molecule has 0 aliphatic carbocycles. The third-order valence-corrected chi connectivity index (χ3v) is 5.26. The molecule has 0 saturated carbocycles. The van der Waals surface area contributed by atoms with Gasteiger partial charge in [0.1, 0.15) is 11.6 Å². The first-order valence-electron chi connectivity index (χ1n) is 9.60. The molecule has 0 radical (unpaired) electrons. The van der Waals surface area contributed by atoms with Crippen LogP contribution in [0, 0.1) is 21.4 Å². The van der Waals surface area contributed by atoms with E-state index >= 15 is 0 Å². The summed E-state index contributed by atoms with van der Waals surface area (Å²) < 4.78 is 9.89. The fraction of sp³-hybridized carbons (Fsp3) is 0.286. The Morgan fingerprint density at radius 1 is 1.34 bits per heavy atom. The van der Waals surface area contributed by atoms with Gasteiger partial charge in [-0.1, -0.05) is 6.07 Å². The van der Waals surface area contributed by atoms with Crippen molar-refractivity contribution in [3.05, 3.63) is 55.8 Å². The summed E-state index contributed by atoms with van der Waals surface area (Å²) in [6, 6.07) is 7.57. The second kappa shape index (κ2) is 11.5. The van der Waals surface area contributed by atoms with Crippen molar-refractivity contribution >= 4 is 35.2 Å². The quantitative estimate of drug-likeness (QED) is 0.149. The van der Waals surface area contributed by atoms with E-state index in [0.29, 0.717) is 19.5 Å². The molecule has 0 aliphatic heterocycles. The van der Waals surface area contributed by atoms with Gasteiger partial charge in [-0.2, -0.15) is 5.26 Å². The normalized spacial score (nSPS) is 10.8. The molecular weight excluding hydrogens is 438 g/mol. The number of nitrogens with zero attached hydrogens (tertiary/aromatic N) is 3. The summed E-state index contributed by atoms with van der Waals surface area (Å²) in [5, 5.41) is 32.7. The number of likely N-dealkylation sites (N-methyl/N-ethyl adjacent to an activating group) is 1. The van der Waals surface area contributed by atoms with Crippen molar-refractivity contribution in [2.24, 2.45) is 0 Å². The van der Waals surface area contributed by atoms with Crippen molar-refractivity contribution in [2.75, 3.05) is 19.7 Å². The zero-order valence-corrected chi connectivity index (χ0v) is 18.3. The van der Waals surface area contributed by atoms with Gasteiger partial charge in [-0.25, -0.2) is 4.79 Å². The Morgan fingerprint density at radius 3 is 2.62 bits per heavy atom. The number of phenolic OH excluding ortho intramolecular Hbond substituents is 1. The Bertz CT molecular complexity index is 1050. The van der Waals surface area contributed by atoms with Crippen molar-refractivity contribution in [1.82, 2.24) is 4.90 Å². The Kier molecular flexibility index (Phi) is 8.73. The maximum atomic E-state index is 12.5. The van der Waals surface area contributed by atoms with Crippen LogP contribution in [0.5, 0.6) is 11.5 Å². The number of carbonyl (C=O) groups excluding carboxylic acids is 2. The van der Waals surface area contributed by atoms with E-state index in [0.717, 1.165) is 23.1 Å². The number of nitro groups is 1. The number of aromatic hydroxyl groups is 1. The van der Waals surface area contributed by atoms with Crippen molar-refractivity contribution in [1.29, 1.82) is 5.26 Å². The maximum Gasteiger partial charge on any atom is 0.513 e. The number of thiophene rings is 1. The molecule has 0 saturated heterocycles. The zero-order chi connectivity index (χ0) is 23.7. The second-order valence-corrected chi connectivity index (χ2v) is 7.35. The van der Waals surface area contributed by atoms with Crippen molar-refractivity contribution < 1.29 is 29.1 Å². The van der Waals surface area contributed by atoms with Gasteiger partial charge in [0.15, 0.2) is 5.75 Å². The number of hydrogen-bond donors (Lipinski definition) is 1. The minimum Gasteiger partial charge on any atom is -0.499 e. The summed E-state index contributed by atoms with van der Waals surface area (Å²) in [5.74, 6) is -1.96. The number of phenols is 1. The van der Waals surface area contributed by atoms with Crippen molar-refractivity contribution in [3.63, 3.8) is 0 Å². The smallest absolute Gasteiger partial charge is 0.499 e. The molecule has 1 amide bonds. The lowest BCUT2D eigenvalue weighted by molar-refractivity contribution is -0.385. The Morgan fingerprint density at radius 2 is 2.06 bits per heavy atom. The van der Waals surface area contributed by atoms with E-state index in [9.17, 15) is 30.1 Å². The molecule has 1 N–H and O–H groups in total. The summed E-state index contributed by atoms with van der Waals surface area (Å²) in [5.41, 5.74) is -1.00. The van der Waals surface area contributed by atoms with E-state index in [2.05, 4.69) is 0 Å². The van der Waals surface area contributed by atoms with E-state index in [4.69, 9.17) is 9.47 Å². The average Bonchev–Trinajstić information content (AvgIpc) is 3.28. The molecule has 2 aromatic rings. The largest absolute Gasteiger partial charge is 0.513 e. The van der Waals surface area contributed by atoms with Crippen LogP contribution in [0.3, 0.4) is 0 Å². The van der Waals surface area contributed by atoms with Crippen LogP contribution in [0.15, 0.2) is 35.2 Å². The molecule has 1 aromatic heterocycles. The molecular formula is C21H21N3O7S. The molecule has 1 aromatic carbocycles. The summed E-state index contributed by atoms with van der Waals surface area (Å²) in [7, 11) is 0. The van der Waals surface area contributed by atoms with Gasteiger partial charge in [0, 0.05) is 30.5 Å². The fourth-order valence-corrected chi connectivity index (χ4v) is 3.40. The zero-order valence-electron chi connectivity index (χ0n) is 17.4. The summed E-state index contributed by atoms with van der Waals surface area (Å²) in [6.45, 7) is 4.25. The Balaban J connectivity index is 2.27. The lowest BCUT2D eigenvalue weighted by atomic mass is 10.1. The monoisotopic (exact) mass is 459 g/mol. The number of nitro benzene ring substituents is 1. The highest BCUT2D eigenvalue weighted by atomic mass is 32.1. The third-order valence-electron chi connectivity index (χ3n) is 4.33. The molecule has 11 heteroatoms. The van der Waals surface area contributed by atoms with Gasteiger partial charge in [0.25, 0.3) is 5.91 Å². The van der Waals surface area contributed by atoms with Crippen LogP contribution < -0.4 is 4.74 Å². The van der Waals surface area contributed by atoms with Crippen molar-refractivity contribution in [3.8, 4) is 17.6 Å². The van der Waals surface area contributed by atoms with Gasteiger partial charge < -0.3 is 19.5 Å². The number of benzene rings is 1. The van der Waals surface area contributed by atoms with Crippen molar-refractivity contribution in [2.45, 2.75) is 20.3 Å². The van der Waals surface area contributed by atoms with E-state index in [1.807, 2.05) is 17.5 Å².